The Labute approximate surface area is 153 Å². The fraction of sp³-hybridized carbons (Fsp3) is 0.118. The van der Waals surface area contributed by atoms with Crippen molar-refractivity contribution in [2.75, 3.05) is 17.2 Å². The molecule has 0 unspecified atom stereocenters. The smallest absolute Gasteiger partial charge is 0.327 e. The van der Waals surface area contributed by atoms with Crippen LogP contribution in [0.25, 0.3) is 11.5 Å². The minimum absolute atomic E-state index is 0.0475. The Morgan fingerprint density at radius 2 is 1.89 bits per heavy atom. The number of para-hydroxylation sites is 2. The van der Waals surface area contributed by atoms with Crippen molar-refractivity contribution in [1.29, 1.82) is 0 Å². The number of nitro benzene ring substituents is 1. The highest BCUT2D eigenvalue weighted by molar-refractivity contribution is 5.99. The van der Waals surface area contributed by atoms with Gasteiger partial charge in [-0.05, 0) is 37.3 Å². The monoisotopic (exact) mass is 369 g/mol. The molecule has 0 aliphatic heterocycles. The Balaban J connectivity index is 1.67. The molecule has 0 radical (unpaired) electrons. The van der Waals surface area contributed by atoms with Gasteiger partial charge in [-0.25, -0.2) is 4.79 Å². The molecule has 1 heterocycles. The fourth-order valence-electron chi connectivity index (χ4n) is 2.24. The Hall–Kier alpha value is -3.95. The first-order valence-electron chi connectivity index (χ1n) is 7.95. The summed E-state index contributed by atoms with van der Waals surface area (Å²) < 4.78 is 10.7. The predicted octanol–water partition coefficient (Wildman–Crippen LogP) is 3.69. The van der Waals surface area contributed by atoms with Crippen molar-refractivity contribution in [3.05, 3.63) is 58.6 Å². The maximum Gasteiger partial charge on any atom is 0.327 e. The van der Waals surface area contributed by atoms with Crippen LogP contribution in [0.1, 0.15) is 6.92 Å². The molecule has 1 aromatic heterocycles. The van der Waals surface area contributed by atoms with E-state index in [2.05, 4.69) is 20.8 Å². The fourth-order valence-corrected chi connectivity index (χ4v) is 2.24. The predicted molar refractivity (Wildman–Crippen MR) is 96.6 cm³/mol. The van der Waals surface area contributed by atoms with E-state index in [1.54, 1.807) is 30.3 Å². The van der Waals surface area contributed by atoms with Crippen molar-refractivity contribution in [2.45, 2.75) is 6.92 Å². The van der Waals surface area contributed by atoms with Gasteiger partial charge < -0.3 is 14.5 Å². The SMILES string of the molecule is CCOc1ccc(-c2nnc(NC(=O)Nc3ccccc3[N+](=O)[O-])o2)cc1. The van der Waals surface area contributed by atoms with Crippen molar-refractivity contribution in [3.8, 4) is 17.2 Å². The molecule has 2 amide bonds. The largest absolute Gasteiger partial charge is 0.494 e. The van der Waals surface area contributed by atoms with Gasteiger partial charge in [-0.2, -0.15) is 0 Å². The molecule has 0 fully saturated rings. The first-order chi connectivity index (χ1) is 13.1. The molecule has 27 heavy (non-hydrogen) atoms. The summed E-state index contributed by atoms with van der Waals surface area (Å²) in [6.07, 6.45) is 0. The number of benzene rings is 2. The lowest BCUT2D eigenvalue weighted by Gasteiger charge is -2.05. The van der Waals surface area contributed by atoms with Crippen LogP contribution in [0.15, 0.2) is 52.9 Å². The van der Waals surface area contributed by atoms with Crippen molar-refractivity contribution >= 4 is 23.4 Å². The molecule has 10 heteroatoms. The zero-order valence-electron chi connectivity index (χ0n) is 14.2. The molecule has 10 nitrogen and oxygen atoms in total. The molecule has 0 bridgehead atoms. The Kier molecular flexibility index (Phi) is 5.26. The zero-order chi connectivity index (χ0) is 19.2. The van der Waals surface area contributed by atoms with Gasteiger partial charge >= 0.3 is 12.0 Å². The zero-order valence-corrected chi connectivity index (χ0v) is 14.2. The minimum atomic E-state index is -0.744. The summed E-state index contributed by atoms with van der Waals surface area (Å²) in [6, 6.07) is 11.9. The van der Waals surface area contributed by atoms with Crippen molar-refractivity contribution < 1.29 is 18.9 Å². The number of ether oxygens (including phenoxy) is 1. The Bertz CT molecular complexity index is 954. The third-order valence-corrected chi connectivity index (χ3v) is 3.41. The van der Waals surface area contributed by atoms with Gasteiger partial charge in [0.05, 0.1) is 11.5 Å². The van der Waals surface area contributed by atoms with E-state index in [4.69, 9.17) is 9.15 Å². The maximum absolute atomic E-state index is 12.0. The second-order valence-electron chi connectivity index (χ2n) is 5.22. The maximum atomic E-state index is 12.0. The third-order valence-electron chi connectivity index (χ3n) is 3.41. The lowest BCUT2D eigenvalue weighted by atomic mass is 10.2. The third kappa shape index (κ3) is 4.37. The molecular formula is C17H15N5O5. The number of anilines is 2. The van der Waals surface area contributed by atoms with Crippen LogP contribution in [0, 0.1) is 10.1 Å². The van der Waals surface area contributed by atoms with Crippen LogP contribution in [0.2, 0.25) is 0 Å². The summed E-state index contributed by atoms with van der Waals surface area (Å²) in [5.41, 5.74) is 0.470. The molecule has 0 atom stereocenters. The van der Waals surface area contributed by atoms with Crippen molar-refractivity contribution in [2.24, 2.45) is 0 Å². The number of carbonyl (C=O) groups excluding carboxylic acids is 1. The van der Waals surface area contributed by atoms with Crippen LogP contribution in [-0.4, -0.2) is 27.8 Å². The highest BCUT2D eigenvalue weighted by Crippen LogP contribution is 2.24. The first kappa shape index (κ1) is 17.9. The molecule has 3 aromatic rings. The molecule has 2 N–H and O–H groups in total. The number of amides is 2. The Morgan fingerprint density at radius 1 is 1.15 bits per heavy atom. The molecular weight excluding hydrogens is 354 g/mol. The number of carbonyl (C=O) groups is 1. The summed E-state index contributed by atoms with van der Waals surface area (Å²) >= 11 is 0. The van der Waals surface area contributed by atoms with E-state index in [0.717, 1.165) is 0 Å². The summed E-state index contributed by atoms with van der Waals surface area (Å²) in [5.74, 6) is 0.919. The van der Waals surface area contributed by atoms with Gasteiger partial charge in [0.1, 0.15) is 11.4 Å². The van der Waals surface area contributed by atoms with Gasteiger partial charge in [-0.15, -0.1) is 5.10 Å². The van der Waals surface area contributed by atoms with E-state index in [1.165, 1.54) is 18.2 Å². The molecule has 0 aliphatic carbocycles. The summed E-state index contributed by atoms with van der Waals surface area (Å²) in [4.78, 5) is 22.4. The second kappa shape index (κ2) is 7.95. The van der Waals surface area contributed by atoms with Gasteiger partial charge in [-0.3, -0.25) is 15.4 Å². The standard InChI is InChI=1S/C17H15N5O5/c1-2-26-12-9-7-11(8-10-12)15-20-21-17(27-15)19-16(23)18-13-5-3-4-6-14(13)22(24)25/h3-10H,2H2,1H3,(H2,18,19,21,23). The van der Waals surface area contributed by atoms with Gasteiger partial charge in [0, 0.05) is 11.6 Å². The molecule has 0 saturated heterocycles. The lowest BCUT2D eigenvalue weighted by molar-refractivity contribution is -0.383. The van der Waals surface area contributed by atoms with E-state index in [-0.39, 0.29) is 23.3 Å². The molecule has 0 saturated carbocycles. The lowest BCUT2D eigenvalue weighted by Crippen LogP contribution is -2.20. The summed E-state index contributed by atoms with van der Waals surface area (Å²) in [7, 11) is 0. The molecule has 3 rings (SSSR count). The number of rotatable bonds is 6. The molecule has 2 aromatic carbocycles. The first-order valence-corrected chi connectivity index (χ1v) is 7.95. The average molecular weight is 369 g/mol. The molecule has 0 aliphatic rings. The van der Waals surface area contributed by atoms with Crippen LogP contribution in [0.3, 0.4) is 0 Å². The van der Waals surface area contributed by atoms with E-state index in [1.807, 2.05) is 6.92 Å². The summed E-state index contributed by atoms with van der Waals surface area (Å²) in [6.45, 7) is 2.45. The van der Waals surface area contributed by atoms with Crippen molar-refractivity contribution in [3.63, 3.8) is 0 Å². The van der Waals surface area contributed by atoms with Gasteiger partial charge in [0.2, 0.25) is 5.89 Å². The Morgan fingerprint density at radius 3 is 2.59 bits per heavy atom. The molecule has 0 spiro atoms. The van der Waals surface area contributed by atoms with Crippen LogP contribution in [0.4, 0.5) is 22.2 Å². The van der Waals surface area contributed by atoms with Crippen LogP contribution in [0.5, 0.6) is 5.75 Å². The number of urea groups is 1. The highest BCUT2D eigenvalue weighted by atomic mass is 16.6. The normalized spacial score (nSPS) is 10.3. The number of aromatic nitrogens is 2. The minimum Gasteiger partial charge on any atom is -0.494 e. The number of hydrogen-bond acceptors (Lipinski definition) is 7. The number of nitro groups is 1. The topological polar surface area (TPSA) is 132 Å². The molecule has 138 valence electrons. The highest BCUT2D eigenvalue weighted by Gasteiger charge is 2.16. The number of nitrogens with one attached hydrogen (secondary N) is 2. The second-order valence-corrected chi connectivity index (χ2v) is 5.22. The van der Waals surface area contributed by atoms with E-state index >= 15 is 0 Å². The van der Waals surface area contributed by atoms with Gasteiger partial charge in [0.15, 0.2) is 0 Å². The quantitative estimate of drug-likeness (QED) is 0.500. The van der Waals surface area contributed by atoms with Crippen LogP contribution >= 0.6 is 0 Å². The van der Waals surface area contributed by atoms with Gasteiger partial charge in [0.25, 0.3) is 5.69 Å². The van der Waals surface area contributed by atoms with E-state index in [9.17, 15) is 14.9 Å². The van der Waals surface area contributed by atoms with Crippen LogP contribution < -0.4 is 15.4 Å². The van der Waals surface area contributed by atoms with Crippen LogP contribution in [-0.2, 0) is 0 Å². The van der Waals surface area contributed by atoms with E-state index < -0.39 is 11.0 Å². The average Bonchev–Trinajstić information content (AvgIpc) is 3.11. The number of hydrogen-bond donors (Lipinski definition) is 2. The summed E-state index contributed by atoms with van der Waals surface area (Å²) in [5, 5.41) is 23.3. The van der Waals surface area contributed by atoms with Crippen molar-refractivity contribution in [1.82, 2.24) is 10.2 Å². The van der Waals surface area contributed by atoms with Gasteiger partial charge in [-0.1, -0.05) is 17.2 Å². The number of nitrogens with zero attached hydrogens (tertiary/aromatic N) is 3. The van der Waals surface area contributed by atoms with E-state index in [0.29, 0.717) is 17.9 Å².